The van der Waals surface area contributed by atoms with Crippen LogP contribution in [0.5, 0.6) is 0 Å². The highest BCUT2D eigenvalue weighted by molar-refractivity contribution is 9.10. The van der Waals surface area contributed by atoms with Gasteiger partial charge in [0.05, 0.1) is 0 Å². The number of nitrogens with zero attached hydrogens (tertiary/aromatic N) is 2. The van der Waals surface area contributed by atoms with Crippen molar-refractivity contribution in [2.75, 3.05) is 0 Å². The van der Waals surface area contributed by atoms with Crippen molar-refractivity contribution in [3.63, 3.8) is 0 Å². The van der Waals surface area contributed by atoms with Gasteiger partial charge in [-0.2, -0.15) is 0 Å². The molecule has 0 bridgehead atoms. The van der Waals surface area contributed by atoms with Crippen LogP contribution in [0.4, 0.5) is 8.78 Å². The molecule has 0 N–H and O–H groups in total. The van der Waals surface area contributed by atoms with E-state index in [0.717, 1.165) is 12.1 Å². The fraction of sp³-hybridized carbons (Fsp3) is 0. The third-order valence-electron chi connectivity index (χ3n) is 1.75. The van der Waals surface area contributed by atoms with Crippen LogP contribution in [0, 0.1) is 11.6 Å². The van der Waals surface area contributed by atoms with E-state index in [1.807, 2.05) is 0 Å². The second-order valence-corrected chi connectivity index (χ2v) is 3.51. The molecule has 0 unspecified atom stereocenters. The van der Waals surface area contributed by atoms with Gasteiger partial charge < -0.3 is 4.57 Å². The first-order chi connectivity index (χ1) is 6.66. The van der Waals surface area contributed by atoms with E-state index in [1.54, 1.807) is 10.8 Å². The van der Waals surface area contributed by atoms with E-state index in [2.05, 4.69) is 20.9 Å². The summed E-state index contributed by atoms with van der Waals surface area (Å²) in [5, 5.41) is 0. The van der Waals surface area contributed by atoms with Crippen LogP contribution in [0.25, 0.3) is 5.69 Å². The van der Waals surface area contributed by atoms with Crippen molar-refractivity contribution >= 4 is 15.9 Å². The van der Waals surface area contributed by atoms with E-state index in [4.69, 9.17) is 0 Å². The summed E-state index contributed by atoms with van der Waals surface area (Å²) in [5.41, 5.74) is 0.530. The second kappa shape index (κ2) is 3.49. The predicted octanol–water partition coefficient (Wildman–Crippen LogP) is 2.91. The molecule has 0 amide bonds. The normalized spacial score (nSPS) is 10.5. The van der Waals surface area contributed by atoms with Gasteiger partial charge >= 0.3 is 0 Å². The number of imidazole rings is 1. The molecule has 1 aromatic heterocycles. The van der Waals surface area contributed by atoms with Crippen LogP contribution < -0.4 is 0 Å². The topological polar surface area (TPSA) is 17.8 Å². The average Bonchev–Trinajstić information content (AvgIpc) is 2.57. The van der Waals surface area contributed by atoms with Gasteiger partial charge in [-0.3, -0.25) is 0 Å². The molecule has 0 aliphatic heterocycles. The third-order valence-corrected chi connectivity index (χ3v) is 2.16. The van der Waals surface area contributed by atoms with Gasteiger partial charge in [0.2, 0.25) is 0 Å². The molecule has 1 heterocycles. The Balaban J connectivity index is 2.47. The third kappa shape index (κ3) is 1.68. The molecule has 1 aromatic carbocycles. The molecule has 0 saturated heterocycles. The Morgan fingerprint density at radius 1 is 1.21 bits per heavy atom. The molecule has 0 aliphatic carbocycles. The Morgan fingerprint density at radius 3 is 2.57 bits per heavy atom. The lowest BCUT2D eigenvalue weighted by Crippen LogP contribution is -1.92. The maximum atomic E-state index is 12.9. The number of halogens is 3. The minimum Gasteiger partial charge on any atom is -0.305 e. The predicted molar refractivity (Wildman–Crippen MR) is 51.2 cm³/mol. The number of hydrogen-bond acceptors (Lipinski definition) is 1. The summed E-state index contributed by atoms with van der Waals surface area (Å²) in [6.07, 6.45) is 3.17. The van der Waals surface area contributed by atoms with Crippen molar-refractivity contribution < 1.29 is 8.78 Å². The maximum absolute atomic E-state index is 12.9. The Bertz CT molecular complexity index is 468. The summed E-state index contributed by atoms with van der Waals surface area (Å²) in [6.45, 7) is 0. The summed E-state index contributed by atoms with van der Waals surface area (Å²) >= 11 is 3.16. The molecule has 2 rings (SSSR count). The summed E-state index contributed by atoms with van der Waals surface area (Å²) in [4.78, 5) is 3.91. The Kier molecular flexibility index (Phi) is 2.33. The molecular formula is C9H5BrF2N2. The highest BCUT2D eigenvalue weighted by atomic mass is 79.9. The molecule has 0 atom stereocenters. The zero-order valence-corrected chi connectivity index (χ0v) is 8.50. The van der Waals surface area contributed by atoms with E-state index in [-0.39, 0.29) is 0 Å². The number of aromatic nitrogens is 2. The van der Waals surface area contributed by atoms with E-state index in [1.165, 1.54) is 12.4 Å². The van der Waals surface area contributed by atoms with Gasteiger partial charge in [-0.05, 0) is 28.1 Å². The Hall–Kier alpha value is -1.23. The first-order valence-corrected chi connectivity index (χ1v) is 4.61. The molecule has 2 nitrogen and oxygen atoms in total. The van der Waals surface area contributed by atoms with E-state index >= 15 is 0 Å². The molecular weight excluding hydrogens is 254 g/mol. The molecule has 0 fully saturated rings. The van der Waals surface area contributed by atoms with Crippen LogP contribution in [-0.2, 0) is 0 Å². The highest BCUT2D eigenvalue weighted by Gasteiger charge is 2.04. The maximum Gasteiger partial charge on any atom is 0.160 e. The monoisotopic (exact) mass is 258 g/mol. The molecule has 0 radical (unpaired) electrons. The van der Waals surface area contributed by atoms with Gasteiger partial charge in [0.15, 0.2) is 11.6 Å². The fourth-order valence-corrected chi connectivity index (χ4v) is 1.40. The summed E-state index contributed by atoms with van der Waals surface area (Å²) in [6, 6.07) is 3.68. The van der Waals surface area contributed by atoms with Crippen LogP contribution in [0.15, 0.2) is 35.3 Å². The molecule has 5 heteroatoms. The van der Waals surface area contributed by atoms with E-state index in [9.17, 15) is 8.78 Å². The van der Waals surface area contributed by atoms with Crippen LogP contribution in [-0.4, -0.2) is 9.55 Å². The molecule has 72 valence electrons. The van der Waals surface area contributed by atoms with Crippen molar-refractivity contribution in [2.24, 2.45) is 0 Å². The van der Waals surface area contributed by atoms with Crippen LogP contribution >= 0.6 is 15.9 Å². The Morgan fingerprint density at radius 2 is 2.00 bits per heavy atom. The average molecular weight is 259 g/mol. The van der Waals surface area contributed by atoms with E-state index < -0.39 is 11.6 Å². The van der Waals surface area contributed by atoms with Crippen molar-refractivity contribution in [3.8, 4) is 5.69 Å². The van der Waals surface area contributed by atoms with Crippen LogP contribution in [0.1, 0.15) is 0 Å². The minimum absolute atomic E-state index is 0.530. The molecule has 14 heavy (non-hydrogen) atoms. The lowest BCUT2D eigenvalue weighted by Gasteiger charge is -2.01. The SMILES string of the molecule is Fc1ccc(-n2cnc(Br)c2)cc1F. The summed E-state index contributed by atoms with van der Waals surface area (Å²) in [5.74, 6) is -1.72. The molecule has 2 aromatic rings. The standard InChI is InChI=1S/C9H5BrF2N2/c10-9-4-14(5-13-9)6-1-2-7(11)8(12)3-6/h1-5H. The second-order valence-electron chi connectivity index (χ2n) is 2.70. The highest BCUT2D eigenvalue weighted by Crippen LogP contribution is 2.15. The number of benzene rings is 1. The number of hydrogen-bond donors (Lipinski definition) is 0. The van der Waals surface area contributed by atoms with Gasteiger partial charge in [0.25, 0.3) is 0 Å². The van der Waals surface area contributed by atoms with E-state index in [0.29, 0.717) is 10.3 Å². The van der Waals surface area contributed by atoms with Gasteiger partial charge in [-0.1, -0.05) is 0 Å². The van der Waals surface area contributed by atoms with Crippen molar-refractivity contribution in [1.29, 1.82) is 0 Å². The number of rotatable bonds is 1. The van der Waals surface area contributed by atoms with Crippen molar-refractivity contribution in [3.05, 3.63) is 47.0 Å². The lowest BCUT2D eigenvalue weighted by molar-refractivity contribution is 0.508. The summed E-state index contributed by atoms with van der Waals surface area (Å²) in [7, 11) is 0. The summed E-state index contributed by atoms with van der Waals surface area (Å²) < 4.78 is 27.7. The zero-order valence-electron chi connectivity index (χ0n) is 6.92. The Labute approximate surface area is 87.3 Å². The molecule has 0 saturated carbocycles. The quantitative estimate of drug-likeness (QED) is 0.769. The van der Waals surface area contributed by atoms with Gasteiger partial charge in [-0.15, -0.1) is 0 Å². The van der Waals surface area contributed by atoms with Gasteiger partial charge in [0, 0.05) is 18.0 Å². The zero-order chi connectivity index (χ0) is 10.1. The largest absolute Gasteiger partial charge is 0.305 e. The first kappa shape index (κ1) is 9.33. The van der Waals surface area contributed by atoms with Crippen LogP contribution in [0.3, 0.4) is 0 Å². The minimum atomic E-state index is -0.868. The smallest absolute Gasteiger partial charge is 0.160 e. The van der Waals surface area contributed by atoms with Gasteiger partial charge in [0.1, 0.15) is 10.9 Å². The van der Waals surface area contributed by atoms with Crippen LogP contribution in [0.2, 0.25) is 0 Å². The van der Waals surface area contributed by atoms with Gasteiger partial charge in [-0.25, -0.2) is 13.8 Å². The van der Waals surface area contributed by atoms with Crippen molar-refractivity contribution in [2.45, 2.75) is 0 Å². The molecule has 0 spiro atoms. The fourth-order valence-electron chi connectivity index (χ4n) is 1.09. The lowest BCUT2D eigenvalue weighted by atomic mass is 10.3. The van der Waals surface area contributed by atoms with Crippen molar-refractivity contribution in [1.82, 2.24) is 9.55 Å². The first-order valence-electron chi connectivity index (χ1n) is 3.82. The molecule has 0 aliphatic rings.